The summed E-state index contributed by atoms with van der Waals surface area (Å²) < 4.78 is 46.3. The fraction of sp³-hybridized carbons (Fsp3) is 0.368. The molecule has 0 radical (unpaired) electrons. The van der Waals surface area contributed by atoms with E-state index >= 15 is 0 Å². The lowest BCUT2D eigenvalue weighted by molar-refractivity contribution is -0.120. The summed E-state index contributed by atoms with van der Waals surface area (Å²) in [7, 11) is 0. The molecule has 1 amide bonds. The topological polar surface area (TPSA) is 138 Å². The number of hydrogen-bond donors (Lipinski definition) is 4. The van der Waals surface area contributed by atoms with Crippen LogP contribution in [0.1, 0.15) is 84.2 Å². The van der Waals surface area contributed by atoms with Crippen molar-refractivity contribution in [3.8, 4) is 23.3 Å². The van der Waals surface area contributed by atoms with Crippen molar-refractivity contribution in [2.24, 2.45) is 0 Å². The van der Waals surface area contributed by atoms with Gasteiger partial charge in [-0.3, -0.25) is 4.79 Å². The average Bonchev–Trinajstić information content (AvgIpc) is 3.81. The van der Waals surface area contributed by atoms with Gasteiger partial charge in [0.25, 0.3) is 0 Å². The highest BCUT2D eigenvalue weighted by Crippen LogP contribution is 2.45. The molecule has 2 saturated carbocycles. The Hall–Kier alpha value is -4.03. The molecule has 0 spiro atoms. The van der Waals surface area contributed by atoms with Crippen LogP contribution in [0, 0.1) is 27.0 Å². The second kappa shape index (κ2) is 15.1. The van der Waals surface area contributed by atoms with E-state index in [1.54, 1.807) is 30.3 Å². The molecular formula is C38H36F2INO8. The average molecular weight is 800 g/mol. The number of halogens is 3. The third kappa shape index (κ3) is 8.12. The van der Waals surface area contributed by atoms with E-state index in [-0.39, 0.29) is 42.4 Å². The Morgan fingerprint density at radius 2 is 1.64 bits per heavy atom. The smallest absolute Gasteiger partial charge is 0.342 e. The van der Waals surface area contributed by atoms with E-state index in [2.05, 4.69) is 39.7 Å². The lowest BCUT2D eigenvalue weighted by atomic mass is 9.94. The van der Waals surface area contributed by atoms with Crippen molar-refractivity contribution in [2.45, 2.75) is 75.6 Å². The van der Waals surface area contributed by atoms with E-state index in [9.17, 15) is 28.6 Å². The monoisotopic (exact) mass is 799 g/mol. The van der Waals surface area contributed by atoms with Gasteiger partial charge in [0.1, 0.15) is 46.3 Å². The first kappa shape index (κ1) is 35.8. The molecule has 9 nitrogen and oxygen atoms in total. The Morgan fingerprint density at radius 1 is 0.940 bits per heavy atom. The van der Waals surface area contributed by atoms with Crippen LogP contribution in [0.25, 0.3) is 11.0 Å². The molecule has 0 atom stereocenters. The second-order valence-electron chi connectivity index (χ2n) is 12.9. The minimum absolute atomic E-state index is 0.00543. The number of nitrogens with one attached hydrogen (secondary N) is 1. The van der Waals surface area contributed by atoms with E-state index in [4.69, 9.17) is 19.0 Å². The molecule has 3 aromatic carbocycles. The number of furan rings is 1. The van der Waals surface area contributed by atoms with E-state index in [1.807, 2.05) is 0 Å². The number of aliphatic hydroxyl groups is 3. The minimum Gasteiger partial charge on any atom is -0.457 e. The van der Waals surface area contributed by atoms with E-state index in [1.165, 1.54) is 0 Å². The van der Waals surface area contributed by atoms with Crippen LogP contribution in [0.4, 0.5) is 8.78 Å². The van der Waals surface area contributed by atoms with Crippen molar-refractivity contribution in [2.75, 3.05) is 13.2 Å². The summed E-state index contributed by atoms with van der Waals surface area (Å²) in [6, 6.07) is 11.2. The van der Waals surface area contributed by atoms with Crippen LogP contribution in [0.5, 0.6) is 11.5 Å². The number of rotatable bonds is 10. The zero-order valence-corrected chi connectivity index (χ0v) is 29.3. The van der Waals surface area contributed by atoms with Crippen LogP contribution in [0.15, 0.2) is 52.9 Å². The Bertz CT molecular complexity index is 1970. The first-order valence-electron chi connectivity index (χ1n) is 16.5. The Balaban J connectivity index is 1.37. The van der Waals surface area contributed by atoms with Crippen molar-refractivity contribution in [3.63, 3.8) is 0 Å². The number of carbonyl (C=O) groups excluding carboxylic acids is 2. The molecule has 0 unspecified atom stereocenters. The zero-order valence-electron chi connectivity index (χ0n) is 27.1. The molecule has 2 aliphatic carbocycles. The minimum atomic E-state index is -1.41. The van der Waals surface area contributed by atoms with Crippen LogP contribution in [0.2, 0.25) is 0 Å². The highest BCUT2D eigenvalue weighted by Gasteiger charge is 2.41. The van der Waals surface area contributed by atoms with Gasteiger partial charge in [-0.1, -0.05) is 11.8 Å². The molecule has 4 N–H and O–H groups in total. The number of amides is 1. The molecule has 6 rings (SSSR count). The third-order valence-corrected chi connectivity index (χ3v) is 9.79. The van der Waals surface area contributed by atoms with Crippen LogP contribution in [0.3, 0.4) is 0 Å². The summed E-state index contributed by atoms with van der Waals surface area (Å²) in [5.41, 5.74) is -1.02. The van der Waals surface area contributed by atoms with Crippen molar-refractivity contribution < 1.29 is 47.6 Å². The molecule has 1 aromatic heterocycles. The third-order valence-electron chi connectivity index (χ3n) is 8.99. The van der Waals surface area contributed by atoms with Gasteiger partial charge in [0.15, 0.2) is 11.5 Å². The number of ether oxygens (including phenoxy) is 2. The molecule has 0 saturated heterocycles. The summed E-state index contributed by atoms with van der Waals surface area (Å²) in [5.74, 6) is 4.11. The molecule has 0 aliphatic heterocycles. The zero-order chi connectivity index (χ0) is 35.5. The highest BCUT2D eigenvalue weighted by atomic mass is 127. The first-order chi connectivity index (χ1) is 23.9. The van der Waals surface area contributed by atoms with E-state index in [0.717, 1.165) is 43.9 Å². The maximum Gasteiger partial charge on any atom is 0.342 e. The molecule has 2 aliphatic rings. The molecule has 262 valence electrons. The number of aliphatic hydroxyl groups excluding tert-OH is 1. The summed E-state index contributed by atoms with van der Waals surface area (Å²) in [4.78, 5) is 26.1. The summed E-state index contributed by atoms with van der Waals surface area (Å²) in [6.07, 6.45) is 5.09. The molecule has 50 heavy (non-hydrogen) atoms. The number of carbonyl (C=O) groups is 2. The summed E-state index contributed by atoms with van der Waals surface area (Å²) >= 11 is 2.09. The number of benzene rings is 3. The largest absolute Gasteiger partial charge is 0.457 e. The van der Waals surface area contributed by atoms with Gasteiger partial charge in [0.05, 0.1) is 22.2 Å². The number of esters is 1. The van der Waals surface area contributed by atoms with Crippen LogP contribution in [-0.2, 0) is 28.2 Å². The van der Waals surface area contributed by atoms with E-state index < -0.39 is 35.4 Å². The predicted octanol–water partition coefficient (Wildman–Crippen LogP) is 6.53. The lowest BCUT2D eigenvalue weighted by Crippen LogP contribution is -2.27. The van der Waals surface area contributed by atoms with Gasteiger partial charge in [-0.2, -0.15) is 0 Å². The molecule has 0 bridgehead atoms. The van der Waals surface area contributed by atoms with Crippen LogP contribution in [-0.4, -0.2) is 45.9 Å². The van der Waals surface area contributed by atoms with Gasteiger partial charge < -0.3 is 34.5 Å². The van der Waals surface area contributed by atoms with Crippen molar-refractivity contribution in [1.29, 1.82) is 0 Å². The summed E-state index contributed by atoms with van der Waals surface area (Å²) in [5, 5.41) is 34.5. The Morgan fingerprint density at radius 3 is 2.34 bits per heavy atom. The van der Waals surface area contributed by atoms with Crippen LogP contribution < -0.4 is 10.1 Å². The first-order valence-corrected chi connectivity index (χ1v) is 17.6. The van der Waals surface area contributed by atoms with Crippen LogP contribution >= 0.6 is 22.6 Å². The van der Waals surface area contributed by atoms with Gasteiger partial charge in [0.2, 0.25) is 5.91 Å². The molecule has 4 aromatic rings. The lowest BCUT2D eigenvalue weighted by Gasteiger charge is -2.20. The second-order valence-corrected chi connectivity index (χ2v) is 14.0. The van der Waals surface area contributed by atoms with Gasteiger partial charge in [-0.05, 0) is 128 Å². The number of fused-ring (bicyclic) bond motifs is 1. The van der Waals surface area contributed by atoms with Crippen molar-refractivity contribution >= 4 is 45.4 Å². The summed E-state index contributed by atoms with van der Waals surface area (Å²) in [6.45, 7) is -0.462. The van der Waals surface area contributed by atoms with Crippen molar-refractivity contribution in [3.05, 3.63) is 91.7 Å². The molecule has 2 fully saturated rings. The quantitative estimate of drug-likeness (QED) is 0.0808. The molecular weight excluding hydrogens is 763 g/mol. The highest BCUT2D eigenvalue weighted by molar-refractivity contribution is 14.1. The van der Waals surface area contributed by atoms with Gasteiger partial charge in [-0.15, -0.1) is 0 Å². The fourth-order valence-corrected chi connectivity index (χ4v) is 7.35. The van der Waals surface area contributed by atoms with Gasteiger partial charge >= 0.3 is 5.97 Å². The Kier molecular flexibility index (Phi) is 10.8. The van der Waals surface area contributed by atoms with Gasteiger partial charge in [-0.25, -0.2) is 13.6 Å². The predicted molar refractivity (Wildman–Crippen MR) is 187 cm³/mol. The fourth-order valence-electron chi connectivity index (χ4n) is 6.55. The maximum absolute atomic E-state index is 13.8. The standard InChI is InChI=1S/C38H36F2INO8/c39-26-16-24(17-27(40)20-26)22-48-36(45)33-29-21-28(5-6-31(29)50-35(33)38(47)10-3-4-11-38)49-34-25(7-12-37(46)8-1-2-9-37)15-23(18-30(34)41)19-32(44)42-13-14-43/h5-6,15-18,20-21,43,46-47H,1-4,8-11,13-14,19,22H2,(H,42,44). The maximum atomic E-state index is 13.8. The van der Waals surface area contributed by atoms with Gasteiger partial charge in [0, 0.05) is 18.0 Å². The van der Waals surface area contributed by atoms with Crippen molar-refractivity contribution in [1.82, 2.24) is 5.32 Å². The Labute approximate surface area is 301 Å². The normalized spacial score (nSPS) is 16.2. The van der Waals surface area contributed by atoms with E-state index in [0.29, 0.717) is 62.8 Å². The SMILES string of the molecule is O=C(Cc1cc(I)c(Oc2ccc3oc(C4(O)CCCC4)c(C(=O)OCc4cc(F)cc(F)c4)c3c2)c(C#CC2(O)CCCC2)c1)NCCO. The number of hydrogen-bond acceptors (Lipinski definition) is 8. The molecule has 12 heteroatoms. The molecule has 1 heterocycles.